The molecule has 160 valence electrons. The monoisotopic (exact) mass is 422 g/mol. The van der Waals surface area contributed by atoms with E-state index in [2.05, 4.69) is 10.2 Å². The van der Waals surface area contributed by atoms with E-state index in [1.54, 1.807) is 0 Å². The number of nitrogens with one attached hydrogen (secondary N) is 1. The molecular formula is C25H24F2N2O2. The number of para-hydroxylation sites is 1. The van der Waals surface area contributed by atoms with Crippen LogP contribution in [0.2, 0.25) is 0 Å². The second kappa shape index (κ2) is 9.71. The summed E-state index contributed by atoms with van der Waals surface area (Å²) in [6.07, 6.45) is 0.748. The van der Waals surface area contributed by atoms with Crippen LogP contribution in [-0.4, -0.2) is 23.9 Å². The van der Waals surface area contributed by atoms with Gasteiger partial charge in [0.1, 0.15) is 23.1 Å². The van der Waals surface area contributed by atoms with Gasteiger partial charge in [-0.2, -0.15) is 0 Å². The quantitative estimate of drug-likeness (QED) is 0.589. The van der Waals surface area contributed by atoms with Gasteiger partial charge in [0.05, 0.1) is 5.92 Å². The molecule has 4 rings (SSSR count). The highest BCUT2D eigenvalue weighted by Gasteiger charge is 2.28. The van der Waals surface area contributed by atoms with Crippen molar-refractivity contribution in [2.75, 3.05) is 13.1 Å². The average molecular weight is 422 g/mol. The van der Waals surface area contributed by atoms with Crippen LogP contribution in [0.4, 0.5) is 8.78 Å². The summed E-state index contributed by atoms with van der Waals surface area (Å²) in [7, 11) is 0. The summed E-state index contributed by atoms with van der Waals surface area (Å²) < 4.78 is 32.6. The first-order valence-electron chi connectivity index (χ1n) is 10.3. The summed E-state index contributed by atoms with van der Waals surface area (Å²) in [5.74, 6) is 0.0384. The van der Waals surface area contributed by atoms with Gasteiger partial charge in [0.25, 0.3) is 0 Å². The van der Waals surface area contributed by atoms with Crippen molar-refractivity contribution in [3.8, 4) is 11.5 Å². The summed E-state index contributed by atoms with van der Waals surface area (Å²) in [5, 5.41) is 2.77. The van der Waals surface area contributed by atoms with Crippen molar-refractivity contribution < 1.29 is 18.3 Å². The molecule has 1 amide bonds. The Morgan fingerprint density at radius 1 is 1.00 bits per heavy atom. The van der Waals surface area contributed by atoms with E-state index in [1.807, 2.05) is 54.6 Å². The number of nitrogens with zero attached hydrogens (tertiary/aromatic N) is 1. The maximum atomic E-state index is 13.7. The molecule has 1 unspecified atom stereocenters. The number of rotatable bonds is 7. The zero-order valence-electron chi connectivity index (χ0n) is 17.1. The molecule has 1 fully saturated rings. The van der Waals surface area contributed by atoms with Crippen LogP contribution < -0.4 is 10.1 Å². The van der Waals surface area contributed by atoms with Crippen LogP contribution in [0.5, 0.6) is 11.5 Å². The van der Waals surface area contributed by atoms with E-state index in [0.29, 0.717) is 6.54 Å². The lowest BCUT2D eigenvalue weighted by Gasteiger charge is -2.17. The third-order valence-electron chi connectivity index (χ3n) is 5.39. The summed E-state index contributed by atoms with van der Waals surface area (Å²) in [4.78, 5) is 14.7. The molecule has 1 atom stereocenters. The van der Waals surface area contributed by atoms with E-state index in [1.165, 1.54) is 12.1 Å². The van der Waals surface area contributed by atoms with Crippen molar-refractivity contribution in [1.29, 1.82) is 0 Å². The third kappa shape index (κ3) is 5.67. The van der Waals surface area contributed by atoms with Crippen molar-refractivity contribution in [1.82, 2.24) is 10.2 Å². The number of halogens is 2. The first-order valence-corrected chi connectivity index (χ1v) is 10.3. The molecule has 0 bridgehead atoms. The molecule has 1 heterocycles. The molecule has 4 nitrogen and oxygen atoms in total. The van der Waals surface area contributed by atoms with Gasteiger partial charge in [-0.25, -0.2) is 8.78 Å². The fraction of sp³-hybridized carbons (Fsp3) is 0.240. The van der Waals surface area contributed by atoms with Gasteiger partial charge in [0.2, 0.25) is 5.91 Å². The first-order chi connectivity index (χ1) is 15.1. The second-order valence-corrected chi connectivity index (χ2v) is 7.74. The fourth-order valence-electron chi connectivity index (χ4n) is 3.77. The molecular weight excluding hydrogens is 398 g/mol. The van der Waals surface area contributed by atoms with E-state index in [0.717, 1.165) is 42.6 Å². The van der Waals surface area contributed by atoms with Crippen molar-refractivity contribution in [3.63, 3.8) is 0 Å². The summed E-state index contributed by atoms with van der Waals surface area (Å²) in [5.41, 5.74) is 1.39. The molecule has 1 aliphatic rings. The molecule has 1 aliphatic heterocycles. The molecule has 1 N–H and O–H groups in total. The lowest BCUT2D eigenvalue weighted by molar-refractivity contribution is -0.124. The van der Waals surface area contributed by atoms with Gasteiger partial charge < -0.3 is 10.1 Å². The topological polar surface area (TPSA) is 41.6 Å². The van der Waals surface area contributed by atoms with E-state index in [-0.39, 0.29) is 23.9 Å². The van der Waals surface area contributed by atoms with Gasteiger partial charge in [0, 0.05) is 31.3 Å². The van der Waals surface area contributed by atoms with Crippen LogP contribution in [0.3, 0.4) is 0 Å². The van der Waals surface area contributed by atoms with Crippen molar-refractivity contribution in [2.24, 2.45) is 5.92 Å². The molecule has 6 heteroatoms. The van der Waals surface area contributed by atoms with Gasteiger partial charge in [-0.3, -0.25) is 9.69 Å². The van der Waals surface area contributed by atoms with Crippen LogP contribution in [-0.2, 0) is 17.9 Å². The Morgan fingerprint density at radius 2 is 1.81 bits per heavy atom. The predicted octanol–water partition coefficient (Wildman–Crippen LogP) is 4.90. The Morgan fingerprint density at radius 3 is 2.61 bits per heavy atom. The molecule has 1 saturated heterocycles. The van der Waals surface area contributed by atoms with Gasteiger partial charge >= 0.3 is 0 Å². The molecule has 3 aromatic carbocycles. The van der Waals surface area contributed by atoms with Gasteiger partial charge in [-0.05, 0) is 48.9 Å². The van der Waals surface area contributed by atoms with Crippen LogP contribution in [0.25, 0.3) is 0 Å². The molecule has 0 spiro atoms. The van der Waals surface area contributed by atoms with Gasteiger partial charge in [-0.1, -0.05) is 36.4 Å². The van der Waals surface area contributed by atoms with E-state index < -0.39 is 11.6 Å². The zero-order valence-corrected chi connectivity index (χ0v) is 17.1. The molecule has 0 radical (unpaired) electrons. The lowest BCUT2D eigenvalue weighted by atomic mass is 10.1. The van der Waals surface area contributed by atoms with E-state index in [4.69, 9.17) is 4.74 Å². The molecule has 0 saturated carbocycles. The standard InChI is InChI=1S/C25H24F2N2O2/c26-21-10-9-19(24(27)14-21)15-28-25(30)20-11-12-29(17-20)16-18-5-4-8-23(13-18)31-22-6-2-1-3-7-22/h1-10,13-14,20H,11-12,15-17H2,(H,28,30). The fourth-order valence-corrected chi connectivity index (χ4v) is 3.77. The van der Waals surface area contributed by atoms with Crippen molar-refractivity contribution >= 4 is 5.91 Å². The lowest BCUT2D eigenvalue weighted by Crippen LogP contribution is -2.32. The van der Waals surface area contributed by atoms with Crippen molar-refractivity contribution in [2.45, 2.75) is 19.5 Å². The highest BCUT2D eigenvalue weighted by atomic mass is 19.1. The first kappa shape index (κ1) is 21.0. The summed E-state index contributed by atoms with van der Waals surface area (Å²) in [6, 6.07) is 20.9. The summed E-state index contributed by atoms with van der Waals surface area (Å²) >= 11 is 0. The van der Waals surface area contributed by atoms with Crippen LogP contribution in [0, 0.1) is 17.6 Å². The Labute approximate surface area is 180 Å². The normalized spacial score (nSPS) is 16.3. The molecule has 0 aliphatic carbocycles. The largest absolute Gasteiger partial charge is 0.457 e. The van der Waals surface area contributed by atoms with Crippen LogP contribution in [0.15, 0.2) is 72.8 Å². The van der Waals surface area contributed by atoms with E-state index >= 15 is 0 Å². The van der Waals surface area contributed by atoms with Gasteiger partial charge in [-0.15, -0.1) is 0 Å². The number of carbonyl (C=O) groups excluding carboxylic acids is 1. The van der Waals surface area contributed by atoms with E-state index in [9.17, 15) is 13.6 Å². The number of likely N-dealkylation sites (tertiary alicyclic amines) is 1. The second-order valence-electron chi connectivity index (χ2n) is 7.74. The minimum atomic E-state index is -0.647. The van der Waals surface area contributed by atoms with Gasteiger partial charge in [0.15, 0.2) is 0 Å². The Kier molecular flexibility index (Phi) is 6.57. The third-order valence-corrected chi connectivity index (χ3v) is 5.39. The molecule has 0 aromatic heterocycles. The summed E-state index contributed by atoms with van der Waals surface area (Å²) in [6.45, 7) is 2.23. The average Bonchev–Trinajstić information content (AvgIpc) is 3.22. The van der Waals surface area contributed by atoms with Crippen LogP contribution >= 0.6 is 0 Å². The predicted molar refractivity (Wildman–Crippen MR) is 115 cm³/mol. The Hall–Kier alpha value is -3.25. The minimum absolute atomic E-state index is 0.0559. The van der Waals surface area contributed by atoms with Crippen molar-refractivity contribution in [3.05, 3.63) is 95.6 Å². The SMILES string of the molecule is O=C(NCc1ccc(F)cc1F)C1CCN(Cc2cccc(Oc3ccccc3)c2)C1. The minimum Gasteiger partial charge on any atom is -0.457 e. The highest BCUT2D eigenvalue weighted by Crippen LogP contribution is 2.24. The maximum absolute atomic E-state index is 13.7. The maximum Gasteiger partial charge on any atom is 0.224 e. The smallest absolute Gasteiger partial charge is 0.224 e. The Bertz CT molecular complexity index is 1040. The number of ether oxygens (including phenoxy) is 1. The number of hydrogen-bond acceptors (Lipinski definition) is 3. The number of amides is 1. The molecule has 3 aromatic rings. The zero-order chi connectivity index (χ0) is 21.6. The number of carbonyl (C=O) groups is 1. The Balaban J connectivity index is 1.29. The highest BCUT2D eigenvalue weighted by molar-refractivity contribution is 5.79. The number of benzene rings is 3. The number of hydrogen-bond donors (Lipinski definition) is 1. The molecule has 31 heavy (non-hydrogen) atoms. The van der Waals surface area contributed by atoms with Crippen LogP contribution in [0.1, 0.15) is 17.5 Å².